The largest absolute Gasteiger partial charge is 0.476 e. The molecule has 2 fully saturated rings. The molecule has 0 N–H and O–H groups in total. The van der Waals surface area contributed by atoms with Crippen molar-refractivity contribution in [2.24, 2.45) is 0 Å². The zero-order valence-corrected chi connectivity index (χ0v) is 21.2. The molecule has 194 valence electrons. The molecule has 36 heavy (non-hydrogen) atoms. The number of ether oxygens (including phenoxy) is 2. The zero-order chi connectivity index (χ0) is 26.5. The standard InChI is InChI=1S/C27H31F3N2O4/c1-6-35-23(33)25(4,5)36-22-17(2)13-19(14-18(22)3)15-32-24(34)31(16-26(32)11-12-26)21-9-7-20(8-10-21)27(28,29)30/h7-10,13-14H,6,11-12,15-16H2,1-5H3. The monoisotopic (exact) mass is 504 g/mol. The molecule has 0 radical (unpaired) electrons. The maximum absolute atomic E-state index is 13.4. The van der Waals surface area contributed by atoms with Gasteiger partial charge in [0.2, 0.25) is 0 Å². The van der Waals surface area contributed by atoms with Crippen molar-refractivity contribution in [3.05, 3.63) is 58.7 Å². The number of anilines is 1. The number of hydrogen-bond donors (Lipinski definition) is 0. The number of carbonyl (C=O) groups is 2. The van der Waals surface area contributed by atoms with Crippen molar-refractivity contribution in [1.29, 1.82) is 0 Å². The van der Waals surface area contributed by atoms with Crippen LogP contribution in [0.2, 0.25) is 0 Å². The van der Waals surface area contributed by atoms with E-state index in [2.05, 4.69) is 0 Å². The van der Waals surface area contributed by atoms with Crippen molar-refractivity contribution in [2.45, 2.75) is 71.3 Å². The molecular weight excluding hydrogens is 473 g/mol. The van der Waals surface area contributed by atoms with Crippen LogP contribution < -0.4 is 9.64 Å². The number of esters is 1. The Morgan fingerprint density at radius 1 is 1.06 bits per heavy atom. The Hall–Kier alpha value is -3.23. The molecule has 2 amide bonds. The second kappa shape index (κ2) is 9.01. The SMILES string of the molecule is CCOC(=O)C(C)(C)Oc1c(C)cc(CN2C(=O)N(c3ccc(C(F)(F)F)cc3)CC23CC3)cc1C. The number of urea groups is 1. The second-order valence-electron chi connectivity index (χ2n) is 10.1. The first-order valence-corrected chi connectivity index (χ1v) is 12.0. The van der Waals surface area contributed by atoms with E-state index in [1.165, 1.54) is 12.1 Å². The molecule has 0 atom stereocenters. The highest BCUT2D eigenvalue weighted by Gasteiger charge is 2.57. The normalized spacial score (nSPS) is 17.1. The highest BCUT2D eigenvalue weighted by molar-refractivity contribution is 5.96. The average Bonchev–Trinajstić information content (AvgIpc) is 3.52. The fraction of sp³-hybridized carbons (Fsp3) is 0.481. The summed E-state index contributed by atoms with van der Waals surface area (Å²) in [7, 11) is 0. The van der Waals surface area contributed by atoms with Crippen LogP contribution in [0.4, 0.5) is 23.7 Å². The number of rotatable bonds is 7. The smallest absolute Gasteiger partial charge is 0.416 e. The molecule has 0 unspecified atom stereocenters. The van der Waals surface area contributed by atoms with E-state index in [-0.39, 0.29) is 18.2 Å². The summed E-state index contributed by atoms with van der Waals surface area (Å²) in [6.45, 7) is 9.92. The van der Waals surface area contributed by atoms with E-state index in [0.717, 1.165) is 41.7 Å². The first kappa shape index (κ1) is 25.9. The van der Waals surface area contributed by atoms with E-state index in [4.69, 9.17) is 9.47 Å². The molecule has 1 aliphatic carbocycles. The highest BCUT2D eigenvalue weighted by atomic mass is 19.4. The number of carbonyl (C=O) groups excluding carboxylic acids is 2. The fourth-order valence-electron chi connectivity index (χ4n) is 4.71. The first-order chi connectivity index (χ1) is 16.8. The summed E-state index contributed by atoms with van der Waals surface area (Å²) in [6.07, 6.45) is -2.72. The maximum Gasteiger partial charge on any atom is 0.416 e. The Morgan fingerprint density at radius 3 is 2.14 bits per heavy atom. The van der Waals surface area contributed by atoms with Gasteiger partial charge in [0.15, 0.2) is 5.60 Å². The van der Waals surface area contributed by atoms with Gasteiger partial charge in [-0.2, -0.15) is 13.2 Å². The minimum atomic E-state index is -4.42. The van der Waals surface area contributed by atoms with Crippen LogP contribution >= 0.6 is 0 Å². The van der Waals surface area contributed by atoms with E-state index < -0.39 is 23.3 Å². The number of benzene rings is 2. The maximum atomic E-state index is 13.4. The van der Waals surface area contributed by atoms with Crippen LogP contribution in [0.5, 0.6) is 5.75 Å². The summed E-state index contributed by atoms with van der Waals surface area (Å²) >= 11 is 0. The van der Waals surface area contributed by atoms with Gasteiger partial charge in [0, 0.05) is 12.2 Å². The van der Waals surface area contributed by atoms with Gasteiger partial charge in [-0.05, 0) is 88.4 Å². The number of aryl methyl sites for hydroxylation is 2. The summed E-state index contributed by atoms with van der Waals surface area (Å²) in [4.78, 5) is 29.0. The van der Waals surface area contributed by atoms with Gasteiger partial charge < -0.3 is 14.4 Å². The third-order valence-electron chi connectivity index (χ3n) is 6.81. The van der Waals surface area contributed by atoms with E-state index >= 15 is 0 Å². The molecule has 2 aromatic carbocycles. The molecule has 1 saturated carbocycles. The molecular formula is C27H31F3N2O4. The van der Waals surface area contributed by atoms with Gasteiger partial charge in [-0.15, -0.1) is 0 Å². The quantitative estimate of drug-likeness (QED) is 0.433. The molecule has 0 bridgehead atoms. The lowest BCUT2D eigenvalue weighted by Gasteiger charge is -2.27. The van der Waals surface area contributed by atoms with Gasteiger partial charge in [-0.1, -0.05) is 12.1 Å². The number of nitrogens with zero attached hydrogens (tertiary/aromatic N) is 2. The fourth-order valence-corrected chi connectivity index (χ4v) is 4.71. The number of halogens is 3. The summed E-state index contributed by atoms with van der Waals surface area (Å²) in [5, 5.41) is 0. The predicted molar refractivity (Wildman–Crippen MR) is 129 cm³/mol. The van der Waals surface area contributed by atoms with Gasteiger partial charge in [0.1, 0.15) is 5.75 Å². The van der Waals surface area contributed by atoms with Crippen LogP contribution in [0.25, 0.3) is 0 Å². The Balaban J connectivity index is 1.53. The molecule has 1 heterocycles. The summed E-state index contributed by atoms with van der Waals surface area (Å²) in [6, 6.07) is 8.38. The van der Waals surface area contributed by atoms with Crippen molar-refractivity contribution in [3.8, 4) is 5.75 Å². The molecule has 2 aliphatic rings. The molecule has 2 aromatic rings. The lowest BCUT2D eigenvalue weighted by molar-refractivity contribution is -0.158. The summed E-state index contributed by atoms with van der Waals surface area (Å²) < 4.78 is 50.0. The van der Waals surface area contributed by atoms with Gasteiger partial charge in [-0.25, -0.2) is 9.59 Å². The van der Waals surface area contributed by atoms with Crippen LogP contribution in [-0.2, 0) is 22.3 Å². The van der Waals surface area contributed by atoms with Crippen molar-refractivity contribution in [3.63, 3.8) is 0 Å². The van der Waals surface area contributed by atoms with Crippen molar-refractivity contribution >= 4 is 17.7 Å². The second-order valence-corrected chi connectivity index (χ2v) is 10.1. The van der Waals surface area contributed by atoms with Gasteiger partial charge in [-0.3, -0.25) is 4.90 Å². The molecule has 9 heteroatoms. The van der Waals surface area contributed by atoms with Gasteiger partial charge in [0.25, 0.3) is 0 Å². The molecule has 1 aliphatic heterocycles. The number of hydrogen-bond acceptors (Lipinski definition) is 4. The van der Waals surface area contributed by atoms with E-state index in [0.29, 0.717) is 24.5 Å². The Labute approximate surface area is 209 Å². The molecule has 1 spiro atoms. The zero-order valence-electron chi connectivity index (χ0n) is 21.2. The third kappa shape index (κ3) is 4.88. The van der Waals surface area contributed by atoms with E-state index in [9.17, 15) is 22.8 Å². The number of alkyl halides is 3. The Bertz CT molecular complexity index is 1150. The van der Waals surface area contributed by atoms with Crippen LogP contribution in [0.15, 0.2) is 36.4 Å². The predicted octanol–water partition coefficient (Wildman–Crippen LogP) is 6.02. The van der Waals surface area contributed by atoms with Crippen molar-refractivity contribution < 1.29 is 32.2 Å². The van der Waals surface area contributed by atoms with E-state index in [1.54, 1.807) is 25.7 Å². The minimum Gasteiger partial charge on any atom is -0.476 e. The first-order valence-electron chi connectivity index (χ1n) is 12.0. The topological polar surface area (TPSA) is 59.1 Å². The van der Waals surface area contributed by atoms with Crippen LogP contribution in [0.1, 0.15) is 55.9 Å². The summed E-state index contributed by atoms with van der Waals surface area (Å²) in [5.74, 6) is 0.145. The van der Waals surface area contributed by atoms with Crippen LogP contribution in [0, 0.1) is 13.8 Å². The average molecular weight is 505 g/mol. The third-order valence-corrected chi connectivity index (χ3v) is 6.81. The van der Waals surface area contributed by atoms with Crippen molar-refractivity contribution in [1.82, 2.24) is 4.90 Å². The van der Waals surface area contributed by atoms with Gasteiger partial charge >= 0.3 is 18.2 Å². The molecule has 0 aromatic heterocycles. The van der Waals surface area contributed by atoms with E-state index in [1.807, 2.05) is 30.9 Å². The van der Waals surface area contributed by atoms with Crippen LogP contribution in [0.3, 0.4) is 0 Å². The Kier molecular flexibility index (Phi) is 6.47. The Morgan fingerprint density at radius 2 is 1.64 bits per heavy atom. The number of amides is 2. The lowest BCUT2D eigenvalue weighted by Crippen LogP contribution is -2.40. The lowest BCUT2D eigenvalue weighted by atomic mass is 10.0. The summed E-state index contributed by atoms with van der Waals surface area (Å²) in [5.41, 5.74) is 0.840. The highest BCUT2D eigenvalue weighted by Crippen LogP contribution is 2.49. The van der Waals surface area contributed by atoms with Crippen molar-refractivity contribution in [2.75, 3.05) is 18.1 Å². The molecule has 1 saturated heterocycles. The van der Waals surface area contributed by atoms with Crippen LogP contribution in [-0.4, -0.2) is 41.2 Å². The molecule has 6 nitrogen and oxygen atoms in total. The van der Waals surface area contributed by atoms with Gasteiger partial charge in [0.05, 0.1) is 24.3 Å². The minimum absolute atomic E-state index is 0.216. The molecule has 4 rings (SSSR count).